The number of aryl methyl sites for hydroxylation is 1. The van der Waals surface area contributed by atoms with Crippen molar-refractivity contribution in [3.05, 3.63) is 34.5 Å². The summed E-state index contributed by atoms with van der Waals surface area (Å²) in [5.41, 5.74) is 0.700. The Bertz CT molecular complexity index is 887. The predicted molar refractivity (Wildman–Crippen MR) is 98.1 cm³/mol. The van der Waals surface area contributed by atoms with Crippen LogP contribution in [0.2, 0.25) is 0 Å². The Kier molecular flexibility index (Phi) is 5.40. The van der Waals surface area contributed by atoms with E-state index in [-0.39, 0.29) is 24.1 Å². The van der Waals surface area contributed by atoms with Gasteiger partial charge in [0, 0.05) is 30.3 Å². The van der Waals surface area contributed by atoms with E-state index in [0.717, 1.165) is 50.0 Å². The summed E-state index contributed by atoms with van der Waals surface area (Å²) in [6, 6.07) is 1.70. The van der Waals surface area contributed by atoms with Gasteiger partial charge in [0.15, 0.2) is 5.69 Å². The first kappa shape index (κ1) is 20.0. The van der Waals surface area contributed by atoms with E-state index in [0.29, 0.717) is 25.1 Å². The van der Waals surface area contributed by atoms with Gasteiger partial charge in [-0.15, -0.1) is 0 Å². The van der Waals surface area contributed by atoms with E-state index in [4.69, 9.17) is 4.52 Å². The van der Waals surface area contributed by atoms with Gasteiger partial charge in [-0.05, 0) is 44.9 Å². The smallest absolute Gasteiger partial charge is 0.361 e. The van der Waals surface area contributed by atoms with Crippen molar-refractivity contribution in [3.63, 3.8) is 0 Å². The summed E-state index contributed by atoms with van der Waals surface area (Å²) >= 11 is 0. The average Bonchev–Trinajstić information content (AvgIpc) is 3.39. The van der Waals surface area contributed by atoms with E-state index in [1.54, 1.807) is 4.90 Å². The lowest BCUT2D eigenvalue weighted by atomic mass is 9.95. The zero-order chi connectivity index (χ0) is 20.6. The van der Waals surface area contributed by atoms with Crippen molar-refractivity contribution in [1.29, 1.82) is 0 Å². The van der Waals surface area contributed by atoms with Gasteiger partial charge in [0.2, 0.25) is 5.91 Å². The molecule has 9 heteroatoms. The molecule has 1 fully saturated rings. The SMILES string of the molecule is CCCc1cc(C2CCCN2C(=O)Cn2nc(C(F)(F)F)c3c2CCCC3)no1. The molecular weight excluding hydrogens is 385 g/mol. The largest absolute Gasteiger partial charge is 0.435 e. The number of likely N-dealkylation sites (tertiary alicyclic amines) is 1. The number of halogens is 3. The number of carbonyl (C=O) groups is 1. The van der Waals surface area contributed by atoms with Gasteiger partial charge >= 0.3 is 6.18 Å². The molecule has 0 radical (unpaired) electrons. The van der Waals surface area contributed by atoms with Crippen LogP contribution >= 0.6 is 0 Å². The molecule has 1 amide bonds. The quantitative estimate of drug-likeness (QED) is 0.745. The van der Waals surface area contributed by atoms with Gasteiger partial charge in [0.25, 0.3) is 0 Å². The molecule has 0 saturated carbocycles. The zero-order valence-electron chi connectivity index (χ0n) is 16.5. The normalized spacial score (nSPS) is 19.6. The Labute approximate surface area is 167 Å². The second-order valence-corrected chi connectivity index (χ2v) is 7.85. The molecule has 2 aromatic heterocycles. The minimum atomic E-state index is -4.50. The number of carbonyl (C=O) groups excluding carboxylic acids is 1. The van der Waals surface area contributed by atoms with E-state index in [9.17, 15) is 18.0 Å². The minimum absolute atomic E-state index is 0.172. The Morgan fingerprint density at radius 3 is 2.83 bits per heavy atom. The number of rotatable bonds is 5. The molecule has 158 valence electrons. The third kappa shape index (κ3) is 3.91. The van der Waals surface area contributed by atoms with Gasteiger partial charge in [-0.1, -0.05) is 12.1 Å². The molecular formula is C20H25F3N4O2. The molecule has 0 spiro atoms. The van der Waals surface area contributed by atoms with Crippen LogP contribution in [0.4, 0.5) is 13.2 Å². The number of aromatic nitrogens is 3. The molecule has 0 N–H and O–H groups in total. The fraction of sp³-hybridized carbons (Fsp3) is 0.650. The maximum Gasteiger partial charge on any atom is 0.435 e. The van der Waals surface area contributed by atoms with Crippen molar-refractivity contribution in [2.45, 2.75) is 77.1 Å². The second-order valence-electron chi connectivity index (χ2n) is 7.85. The van der Waals surface area contributed by atoms with Crippen LogP contribution in [0.25, 0.3) is 0 Å². The first-order chi connectivity index (χ1) is 13.9. The van der Waals surface area contributed by atoms with Gasteiger partial charge in [0.1, 0.15) is 18.0 Å². The molecule has 3 heterocycles. The van der Waals surface area contributed by atoms with Crippen LogP contribution in [-0.4, -0.2) is 32.3 Å². The summed E-state index contributed by atoms with van der Waals surface area (Å²) in [4.78, 5) is 14.7. The third-order valence-electron chi connectivity index (χ3n) is 5.80. The van der Waals surface area contributed by atoms with Gasteiger partial charge in [-0.3, -0.25) is 9.48 Å². The Balaban J connectivity index is 1.55. The molecule has 1 unspecified atom stereocenters. The predicted octanol–water partition coefficient (Wildman–Crippen LogP) is 4.08. The molecule has 2 aromatic rings. The lowest BCUT2D eigenvalue weighted by Crippen LogP contribution is -2.34. The number of hydrogen-bond donors (Lipinski definition) is 0. The van der Waals surface area contributed by atoms with Gasteiger partial charge in [-0.25, -0.2) is 0 Å². The van der Waals surface area contributed by atoms with Crippen LogP contribution in [-0.2, 0) is 36.8 Å². The zero-order valence-corrected chi connectivity index (χ0v) is 16.5. The van der Waals surface area contributed by atoms with Gasteiger partial charge < -0.3 is 9.42 Å². The van der Waals surface area contributed by atoms with Crippen molar-refractivity contribution in [3.8, 4) is 0 Å². The van der Waals surface area contributed by atoms with E-state index in [1.165, 1.54) is 4.68 Å². The summed E-state index contributed by atoms with van der Waals surface area (Å²) < 4.78 is 46.8. The molecule has 1 aliphatic heterocycles. The van der Waals surface area contributed by atoms with E-state index >= 15 is 0 Å². The summed E-state index contributed by atoms with van der Waals surface area (Å²) in [5.74, 6) is 0.565. The van der Waals surface area contributed by atoms with E-state index < -0.39 is 11.9 Å². The first-order valence-corrected chi connectivity index (χ1v) is 10.3. The monoisotopic (exact) mass is 410 g/mol. The highest BCUT2D eigenvalue weighted by molar-refractivity contribution is 5.77. The number of nitrogens with zero attached hydrogens (tertiary/aromatic N) is 4. The molecule has 1 atom stereocenters. The van der Waals surface area contributed by atoms with Gasteiger partial charge in [-0.2, -0.15) is 18.3 Å². The fourth-order valence-corrected chi connectivity index (χ4v) is 4.47. The molecule has 1 saturated heterocycles. The summed E-state index contributed by atoms with van der Waals surface area (Å²) in [7, 11) is 0. The highest BCUT2D eigenvalue weighted by Crippen LogP contribution is 2.36. The Hall–Kier alpha value is -2.32. The lowest BCUT2D eigenvalue weighted by molar-refractivity contribution is -0.142. The van der Waals surface area contributed by atoms with Crippen LogP contribution in [0.1, 0.15) is 73.5 Å². The molecule has 0 bridgehead atoms. The first-order valence-electron chi connectivity index (χ1n) is 10.3. The number of alkyl halides is 3. The topological polar surface area (TPSA) is 64.2 Å². The fourth-order valence-electron chi connectivity index (χ4n) is 4.47. The Morgan fingerprint density at radius 1 is 1.28 bits per heavy atom. The van der Waals surface area contributed by atoms with Crippen molar-refractivity contribution in [2.24, 2.45) is 0 Å². The van der Waals surface area contributed by atoms with Crippen LogP contribution in [0.3, 0.4) is 0 Å². The second kappa shape index (κ2) is 7.84. The van der Waals surface area contributed by atoms with Crippen molar-refractivity contribution >= 4 is 5.91 Å². The van der Waals surface area contributed by atoms with E-state index in [2.05, 4.69) is 10.3 Å². The molecule has 6 nitrogen and oxygen atoms in total. The number of hydrogen-bond acceptors (Lipinski definition) is 4. The van der Waals surface area contributed by atoms with Crippen molar-refractivity contribution in [2.75, 3.05) is 6.54 Å². The average molecular weight is 410 g/mol. The standard InChI is InChI=1S/C20H25F3N4O2/c1-2-6-13-11-15(25-29-13)17-9-5-10-26(17)18(28)12-27-16-8-4-3-7-14(16)19(24-27)20(21,22)23/h11,17H,2-10,12H2,1H3. The highest BCUT2D eigenvalue weighted by atomic mass is 19.4. The molecule has 4 rings (SSSR count). The molecule has 29 heavy (non-hydrogen) atoms. The Morgan fingerprint density at radius 2 is 2.07 bits per heavy atom. The van der Waals surface area contributed by atoms with Crippen LogP contribution < -0.4 is 0 Å². The summed E-state index contributed by atoms with van der Waals surface area (Å²) in [6.45, 7) is 2.44. The molecule has 1 aliphatic carbocycles. The van der Waals surface area contributed by atoms with Crippen LogP contribution in [0.15, 0.2) is 10.6 Å². The number of amides is 1. The summed E-state index contributed by atoms with van der Waals surface area (Å²) in [5, 5.41) is 7.93. The highest BCUT2D eigenvalue weighted by Gasteiger charge is 2.40. The third-order valence-corrected chi connectivity index (χ3v) is 5.80. The molecule has 0 aromatic carbocycles. The van der Waals surface area contributed by atoms with Crippen molar-refractivity contribution in [1.82, 2.24) is 19.8 Å². The van der Waals surface area contributed by atoms with Gasteiger partial charge in [0.05, 0.1) is 6.04 Å². The summed E-state index contributed by atoms with van der Waals surface area (Å²) in [6.07, 6.45) is 1.25. The van der Waals surface area contributed by atoms with E-state index in [1.807, 2.05) is 13.0 Å². The van der Waals surface area contributed by atoms with Crippen LogP contribution in [0.5, 0.6) is 0 Å². The van der Waals surface area contributed by atoms with Crippen molar-refractivity contribution < 1.29 is 22.5 Å². The minimum Gasteiger partial charge on any atom is -0.361 e. The molecule has 2 aliphatic rings. The number of fused-ring (bicyclic) bond motifs is 1. The lowest BCUT2D eigenvalue weighted by Gasteiger charge is -2.23. The maximum atomic E-state index is 13.4. The maximum absolute atomic E-state index is 13.4. The van der Waals surface area contributed by atoms with Crippen LogP contribution in [0, 0.1) is 0 Å².